The molecule has 3 rings (SSSR count). The Balaban J connectivity index is 1.56. The number of hydrogen-bond acceptors (Lipinski definition) is 4. The number of carbonyl (C=O) groups excluding carboxylic acids is 1. The lowest BCUT2D eigenvalue weighted by Gasteiger charge is -2.18. The first-order valence-corrected chi connectivity index (χ1v) is 6.86. The molecule has 0 aliphatic carbocycles. The molecule has 1 N–H and O–H groups in total. The first-order valence-electron chi connectivity index (χ1n) is 6.86. The fourth-order valence-corrected chi connectivity index (χ4v) is 2.58. The highest BCUT2D eigenvalue weighted by atomic mass is 16.7. The monoisotopic (exact) mass is 277 g/mol. The Morgan fingerprint density at radius 1 is 1.35 bits per heavy atom. The van der Waals surface area contributed by atoms with Crippen LogP contribution in [0.1, 0.15) is 25.3 Å². The molecule has 1 fully saturated rings. The zero-order chi connectivity index (χ0) is 14.2. The summed E-state index contributed by atoms with van der Waals surface area (Å²) in [5.74, 6) is -0.0163. The van der Waals surface area contributed by atoms with E-state index in [1.165, 1.54) is 0 Å². The fraction of sp³-hybridized carbons (Fsp3) is 0.533. The van der Waals surface area contributed by atoms with Crippen molar-refractivity contribution in [1.82, 2.24) is 5.32 Å². The summed E-state index contributed by atoms with van der Waals surface area (Å²) in [6.07, 6.45) is -0.0912. The molecule has 1 saturated heterocycles. The SMILES string of the molecule is CC1(C)OCC(CNC(=O)C2COc3ccccc32)O1. The molecule has 0 aromatic heterocycles. The van der Waals surface area contributed by atoms with E-state index < -0.39 is 5.79 Å². The second-order valence-corrected chi connectivity index (χ2v) is 5.60. The Bertz CT molecular complexity index is 514. The minimum Gasteiger partial charge on any atom is -0.492 e. The smallest absolute Gasteiger partial charge is 0.231 e. The van der Waals surface area contributed by atoms with Gasteiger partial charge < -0.3 is 19.5 Å². The first-order chi connectivity index (χ1) is 9.55. The summed E-state index contributed by atoms with van der Waals surface area (Å²) < 4.78 is 16.7. The van der Waals surface area contributed by atoms with Gasteiger partial charge in [0.1, 0.15) is 24.4 Å². The number of hydrogen-bond donors (Lipinski definition) is 1. The molecular weight excluding hydrogens is 258 g/mol. The number of benzene rings is 1. The van der Waals surface area contributed by atoms with Crippen LogP contribution < -0.4 is 10.1 Å². The van der Waals surface area contributed by atoms with Crippen molar-refractivity contribution < 1.29 is 19.0 Å². The molecule has 2 heterocycles. The van der Waals surface area contributed by atoms with Crippen LogP contribution in [-0.4, -0.2) is 37.6 Å². The Morgan fingerprint density at radius 2 is 2.15 bits per heavy atom. The lowest BCUT2D eigenvalue weighted by Crippen LogP contribution is -2.37. The van der Waals surface area contributed by atoms with Gasteiger partial charge in [0.2, 0.25) is 5.91 Å². The molecule has 1 aromatic rings. The van der Waals surface area contributed by atoms with Crippen LogP contribution in [0.3, 0.4) is 0 Å². The summed E-state index contributed by atoms with van der Waals surface area (Å²) >= 11 is 0. The summed E-state index contributed by atoms with van der Waals surface area (Å²) in [6.45, 7) is 5.11. The highest BCUT2D eigenvalue weighted by Gasteiger charge is 2.34. The lowest BCUT2D eigenvalue weighted by atomic mass is 10.0. The number of rotatable bonds is 3. The van der Waals surface area contributed by atoms with Gasteiger partial charge in [0.25, 0.3) is 0 Å². The number of nitrogens with one attached hydrogen (secondary N) is 1. The molecule has 2 aliphatic heterocycles. The number of amides is 1. The number of fused-ring (bicyclic) bond motifs is 1. The Hall–Kier alpha value is -1.59. The van der Waals surface area contributed by atoms with Crippen LogP contribution in [0.4, 0.5) is 0 Å². The molecule has 2 unspecified atom stereocenters. The van der Waals surface area contributed by atoms with Crippen LogP contribution in [0.5, 0.6) is 5.75 Å². The maximum atomic E-state index is 12.2. The second kappa shape index (κ2) is 5.07. The van der Waals surface area contributed by atoms with Gasteiger partial charge in [-0.1, -0.05) is 18.2 Å². The highest BCUT2D eigenvalue weighted by molar-refractivity contribution is 5.85. The van der Waals surface area contributed by atoms with E-state index in [0.717, 1.165) is 11.3 Å². The van der Waals surface area contributed by atoms with Crippen molar-refractivity contribution >= 4 is 5.91 Å². The molecular formula is C15H19NO4. The molecule has 5 heteroatoms. The van der Waals surface area contributed by atoms with Crippen molar-refractivity contribution in [2.75, 3.05) is 19.8 Å². The predicted molar refractivity (Wildman–Crippen MR) is 72.6 cm³/mol. The normalized spacial score (nSPS) is 26.9. The van der Waals surface area contributed by atoms with Gasteiger partial charge in [-0.15, -0.1) is 0 Å². The zero-order valence-electron chi connectivity index (χ0n) is 11.7. The fourth-order valence-electron chi connectivity index (χ4n) is 2.58. The number of ether oxygens (including phenoxy) is 3. The number of para-hydroxylation sites is 1. The van der Waals surface area contributed by atoms with Crippen molar-refractivity contribution in [1.29, 1.82) is 0 Å². The maximum absolute atomic E-state index is 12.2. The molecule has 2 aliphatic rings. The van der Waals surface area contributed by atoms with Crippen LogP contribution >= 0.6 is 0 Å². The zero-order valence-corrected chi connectivity index (χ0v) is 11.7. The third-order valence-corrected chi connectivity index (χ3v) is 3.59. The van der Waals surface area contributed by atoms with Gasteiger partial charge in [-0.25, -0.2) is 0 Å². The van der Waals surface area contributed by atoms with E-state index in [2.05, 4.69) is 5.32 Å². The van der Waals surface area contributed by atoms with Crippen LogP contribution in [0, 0.1) is 0 Å². The molecule has 2 atom stereocenters. The van der Waals surface area contributed by atoms with Gasteiger partial charge in [0.05, 0.1) is 6.61 Å². The molecule has 20 heavy (non-hydrogen) atoms. The minimum absolute atomic E-state index is 0.0248. The average molecular weight is 277 g/mol. The average Bonchev–Trinajstić information content (AvgIpc) is 2.99. The maximum Gasteiger partial charge on any atom is 0.231 e. The summed E-state index contributed by atoms with van der Waals surface area (Å²) in [4.78, 5) is 12.2. The third-order valence-electron chi connectivity index (χ3n) is 3.59. The molecule has 0 spiro atoms. The molecule has 1 amide bonds. The van der Waals surface area contributed by atoms with Gasteiger partial charge in [0.15, 0.2) is 5.79 Å². The van der Waals surface area contributed by atoms with E-state index >= 15 is 0 Å². The number of carbonyl (C=O) groups is 1. The lowest BCUT2D eigenvalue weighted by molar-refractivity contribution is -0.139. The summed E-state index contributed by atoms with van der Waals surface area (Å²) in [5.41, 5.74) is 0.953. The summed E-state index contributed by atoms with van der Waals surface area (Å²) in [7, 11) is 0. The Labute approximate surface area is 118 Å². The van der Waals surface area contributed by atoms with Crippen molar-refractivity contribution in [2.24, 2.45) is 0 Å². The molecule has 0 bridgehead atoms. The van der Waals surface area contributed by atoms with Gasteiger partial charge in [-0.05, 0) is 19.9 Å². The summed E-state index contributed by atoms with van der Waals surface area (Å²) in [5, 5.41) is 2.92. The molecule has 5 nitrogen and oxygen atoms in total. The van der Waals surface area contributed by atoms with E-state index in [-0.39, 0.29) is 17.9 Å². The molecule has 0 saturated carbocycles. The van der Waals surface area contributed by atoms with Crippen molar-refractivity contribution in [3.63, 3.8) is 0 Å². The largest absolute Gasteiger partial charge is 0.492 e. The van der Waals surface area contributed by atoms with Gasteiger partial charge >= 0.3 is 0 Å². The van der Waals surface area contributed by atoms with Gasteiger partial charge in [-0.3, -0.25) is 4.79 Å². The van der Waals surface area contributed by atoms with Crippen LogP contribution in [0.2, 0.25) is 0 Å². The van der Waals surface area contributed by atoms with Crippen molar-refractivity contribution in [3.8, 4) is 5.75 Å². The van der Waals surface area contributed by atoms with Crippen molar-refractivity contribution in [3.05, 3.63) is 29.8 Å². The van der Waals surface area contributed by atoms with E-state index in [9.17, 15) is 4.79 Å². The Kier molecular flexibility index (Phi) is 3.40. The highest BCUT2D eigenvalue weighted by Crippen LogP contribution is 2.33. The van der Waals surface area contributed by atoms with Crippen LogP contribution in [0.15, 0.2) is 24.3 Å². The van der Waals surface area contributed by atoms with Gasteiger partial charge in [0, 0.05) is 12.1 Å². The second-order valence-electron chi connectivity index (χ2n) is 5.60. The van der Waals surface area contributed by atoms with E-state index in [0.29, 0.717) is 19.8 Å². The minimum atomic E-state index is -0.557. The van der Waals surface area contributed by atoms with Crippen LogP contribution in [-0.2, 0) is 14.3 Å². The Morgan fingerprint density at radius 3 is 2.90 bits per heavy atom. The van der Waals surface area contributed by atoms with Crippen LogP contribution in [0.25, 0.3) is 0 Å². The van der Waals surface area contributed by atoms with E-state index in [1.54, 1.807) is 0 Å². The topological polar surface area (TPSA) is 56.8 Å². The third kappa shape index (κ3) is 2.64. The molecule has 1 aromatic carbocycles. The molecule has 108 valence electrons. The molecule has 0 radical (unpaired) electrons. The van der Waals surface area contributed by atoms with Crippen molar-refractivity contribution in [2.45, 2.75) is 31.7 Å². The quantitative estimate of drug-likeness (QED) is 0.908. The summed E-state index contributed by atoms with van der Waals surface area (Å²) in [6, 6.07) is 7.65. The van der Waals surface area contributed by atoms with E-state index in [1.807, 2.05) is 38.1 Å². The predicted octanol–water partition coefficient (Wildman–Crippen LogP) is 1.43. The van der Waals surface area contributed by atoms with E-state index in [4.69, 9.17) is 14.2 Å². The first kappa shape index (κ1) is 13.4. The van der Waals surface area contributed by atoms with Gasteiger partial charge in [-0.2, -0.15) is 0 Å². The standard InChI is InChI=1S/C15H19NO4/c1-15(2)19-8-10(20-15)7-16-14(17)12-9-18-13-6-4-3-5-11(12)13/h3-6,10,12H,7-9H2,1-2H3,(H,16,17).